The van der Waals surface area contributed by atoms with Crippen LogP contribution in [0, 0.1) is 0 Å². The molecule has 1 aliphatic heterocycles. The Balaban J connectivity index is 1.59. The maximum absolute atomic E-state index is 12.6. The molecule has 0 aliphatic carbocycles. The van der Waals surface area contributed by atoms with Crippen LogP contribution in [0.1, 0.15) is 28.6 Å². The van der Waals surface area contributed by atoms with Gasteiger partial charge in [-0.3, -0.25) is 9.69 Å². The van der Waals surface area contributed by atoms with E-state index < -0.39 is 0 Å². The third-order valence-electron chi connectivity index (χ3n) is 6.10. The van der Waals surface area contributed by atoms with Crippen LogP contribution in [0.15, 0.2) is 71.5 Å². The number of hydrogen-bond acceptors (Lipinski definition) is 5. The molecule has 5 rings (SSSR count). The molecule has 1 atom stereocenters. The fourth-order valence-electron chi connectivity index (χ4n) is 4.60. The number of nitrogens with one attached hydrogen (secondary N) is 1. The lowest BCUT2D eigenvalue weighted by atomic mass is 9.87. The minimum Gasteiger partial charge on any atom is -0.493 e. The van der Waals surface area contributed by atoms with Gasteiger partial charge in [0.2, 0.25) is 0 Å². The average Bonchev–Trinajstić information content (AvgIpc) is 2.83. The molecule has 162 valence electrons. The van der Waals surface area contributed by atoms with Gasteiger partial charge >= 0.3 is 0 Å². The van der Waals surface area contributed by atoms with Crippen LogP contribution in [0.25, 0.3) is 10.9 Å². The molecule has 6 nitrogen and oxygen atoms in total. The van der Waals surface area contributed by atoms with Gasteiger partial charge in [0.1, 0.15) is 5.82 Å². The van der Waals surface area contributed by atoms with Gasteiger partial charge in [-0.1, -0.05) is 42.5 Å². The van der Waals surface area contributed by atoms with Gasteiger partial charge in [0.15, 0.2) is 11.5 Å². The van der Waals surface area contributed by atoms with Crippen molar-refractivity contribution in [1.29, 1.82) is 0 Å². The third-order valence-corrected chi connectivity index (χ3v) is 6.10. The van der Waals surface area contributed by atoms with Crippen molar-refractivity contribution in [3.8, 4) is 11.5 Å². The van der Waals surface area contributed by atoms with Gasteiger partial charge in [-0.05, 0) is 47.4 Å². The highest BCUT2D eigenvalue weighted by Gasteiger charge is 2.31. The van der Waals surface area contributed by atoms with Crippen LogP contribution in [0.4, 0.5) is 0 Å². The highest BCUT2D eigenvalue weighted by molar-refractivity contribution is 5.77. The van der Waals surface area contributed by atoms with Gasteiger partial charge in [-0.2, -0.15) is 0 Å². The standard InChI is InChI=1S/C26H25N3O3/c1-31-22-14-18-12-13-29(16-24-27-21-11-7-6-10-19(21)26(30)28-24)25(17-8-4-3-5-9-17)20(18)15-23(22)32-2/h3-11,14-15,25H,12-13,16H2,1-2H3,(H,27,28,30). The Morgan fingerprint density at radius 3 is 2.50 bits per heavy atom. The maximum Gasteiger partial charge on any atom is 0.258 e. The normalized spacial score (nSPS) is 16.0. The highest BCUT2D eigenvalue weighted by Crippen LogP contribution is 2.41. The summed E-state index contributed by atoms with van der Waals surface area (Å²) in [6.45, 7) is 1.37. The summed E-state index contributed by atoms with van der Waals surface area (Å²) in [7, 11) is 3.32. The largest absolute Gasteiger partial charge is 0.493 e. The Morgan fingerprint density at radius 1 is 1.00 bits per heavy atom. The molecule has 0 fully saturated rings. The second-order valence-corrected chi connectivity index (χ2v) is 7.97. The summed E-state index contributed by atoms with van der Waals surface area (Å²) in [6, 6.07) is 22.0. The van der Waals surface area contributed by atoms with Gasteiger partial charge in [0, 0.05) is 6.54 Å². The minimum atomic E-state index is -0.106. The van der Waals surface area contributed by atoms with Gasteiger partial charge in [0.25, 0.3) is 5.56 Å². The number of benzene rings is 3. The van der Waals surface area contributed by atoms with E-state index in [2.05, 4.69) is 46.3 Å². The number of aromatic amines is 1. The number of hydrogen-bond donors (Lipinski definition) is 1. The molecule has 1 aliphatic rings. The number of nitrogens with zero attached hydrogens (tertiary/aromatic N) is 2. The number of rotatable bonds is 5. The lowest BCUT2D eigenvalue weighted by molar-refractivity contribution is 0.198. The monoisotopic (exact) mass is 427 g/mol. The topological polar surface area (TPSA) is 67.5 Å². The van der Waals surface area contributed by atoms with E-state index in [1.165, 1.54) is 16.7 Å². The fourth-order valence-corrected chi connectivity index (χ4v) is 4.60. The smallest absolute Gasteiger partial charge is 0.258 e. The zero-order chi connectivity index (χ0) is 22.1. The predicted octanol–water partition coefficient (Wildman–Crippen LogP) is 4.09. The van der Waals surface area contributed by atoms with Crippen LogP contribution >= 0.6 is 0 Å². The summed E-state index contributed by atoms with van der Waals surface area (Å²) in [5, 5.41) is 0.608. The molecule has 2 heterocycles. The quantitative estimate of drug-likeness (QED) is 0.520. The first-order chi connectivity index (χ1) is 15.7. The van der Waals surface area contributed by atoms with Crippen LogP contribution in [-0.4, -0.2) is 35.6 Å². The minimum absolute atomic E-state index is 0.0107. The molecular formula is C26H25N3O3. The van der Waals surface area contributed by atoms with Crippen molar-refractivity contribution in [1.82, 2.24) is 14.9 Å². The van der Waals surface area contributed by atoms with E-state index in [4.69, 9.17) is 14.5 Å². The lowest BCUT2D eigenvalue weighted by Gasteiger charge is -2.37. The molecule has 4 aromatic rings. The first-order valence-corrected chi connectivity index (χ1v) is 10.7. The summed E-state index contributed by atoms with van der Waals surface area (Å²) in [6.07, 6.45) is 0.872. The zero-order valence-electron chi connectivity index (χ0n) is 18.2. The number of fused-ring (bicyclic) bond motifs is 2. The molecule has 0 amide bonds. The molecule has 1 N–H and O–H groups in total. The Kier molecular flexibility index (Phi) is 5.37. The molecule has 3 aromatic carbocycles. The van der Waals surface area contributed by atoms with Crippen molar-refractivity contribution >= 4 is 10.9 Å². The highest BCUT2D eigenvalue weighted by atomic mass is 16.5. The Bertz CT molecular complexity index is 1320. The molecule has 0 bridgehead atoms. The molecule has 0 spiro atoms. The summed E-state index contributed by atoms with van der Waals surface area (Å²) >= 11 is 0. The Labute approximate surface area is 186 Å². The summed E-state index contributed by atoms with van der Waals surface area (Å²) in [5.74, 6) is 2.12. The van der Waals surface area contributed by atoms with Crippen LogP contribution in [-0.2, 0) is 13.0 Å². The van der Waals surface area contributed by atoms with E-state index >= 15 is 0 Å². The van der Waals surface area contributed by atoms with E-state index in [9.17, 15) is 4.79 Å². The molecule has 0 radical (unpaired) electrons. The second kappa shape index (κ2) is 8.48. The van der Waals surface area contributed by atoms with Crippen molar-refractivity contribution < 1.29 is 9.47 Å². The van der Waals surface area contributed by atoms with Crippen molar-refractivity contribution in [2.24, 2.45) is 0 Å². The number of para-hydroxylation sites is 1. The summed E-state index contributed by atoms with van der Waals surface area (Å²) in [4.78, 5) is 22.7. The van der Waals surface area contributed by atoms with Gasteiger partial charge in [-0.25, -0.2) is 4.98 Å². The van der Waals surface area contributed by atoms with Gasteiger partial charge in [-0.15, -0.1) is 0 Å². The molecule has 6 heteroatoms. The van der Waals surface area contributed by atoms with Gasteiger partial charge < -0.3 is 14.5 Å². The van der Waals surface area contributed by atoms with E-state index in [1.54, 1.807) is 20.3 Å². The summed E-state index contributed by atoms with van der Waals surface area (Å²) in [5.41, 5.74) is 4.22. The fraction of sp³-hybridized carbons (Fsp3) is 0.231. The Hall–Kier alpha value is -3.64. The molecule has 0 saturated heterocycles. The number of ether oxygens (including phenoxy) is 2. The number of methoxy groups -OCH3 is 2. The average molecular weight is 428 g/mol. The third kappa shape index (κ3) is 3.63. The Morgan fingerprint density at radius 2 is 1.72 bits per heavy atom. The summed E-state index contributed by atoms with van der Waals surface area (Å²) < 4.78 is 11.1. The SMILES string of the molecule is COc1cc2c(cc1OC)C(c1ccccc1)N(Cc1nc3ccccc3c(=O)[nH]1)CC2. The lowest BCUT2D eigenvalue weighted by Crippen LogP contribution is -2.36. The molecular weight excluding hydrogens is 402 g/mol. The molecule has 1 unspecified atom stereocenters. The molecule has 1 aromatic heterocycles. The van der Waals surface area contributed by atoms with Crippen molar-refractivity contribution in [3.63, 3.8) is 0 Å². The number of aromatic nitrogens is 2. The van der Waals surface area contributed by atoms with Crippen LogP contribution < -0.4 is 15.0 Å². The predicted molar refractivity (Wildman–Crippen MR) is 124 cm³/mol. The number of H-pyrrole nitrogens is 1. The van der Waals surface area contributed by atoms with Crippen LogP contribution in [0.5, 0.6) is 11.5 Å². The van der Waals surface area contributed by atoms with Crippen molar-refractivity contribution in [2.45, 2.75) is 19.0 Å². The zero-order valence-corrected chi connectivity index (χ0v) is 18.2. The van der Waals surface area contributed by atoms with Crippen LogP contribution in [0.3, 0.4) is 0 Å². The second-order valence-electron chi connectivity index (χ2n) is 7.97. The molecule has 0 saturated carbocycles. The first kappa shape index (κ1) is 20.3. The first-order valence-electron chi connectivity index (χ1n) is 10.7. The van der Waals surface area contributed by atoms with Crippen molar-refractivity contribution in [2.75, 3.05) is 20.8 Å². The molecule has 32 heavy (non-hydrogen) atoms. The van der Waals surface area contributed by atoms with E-state index in [0.29, 0.717) is 29.0 Å². The van der Waals surface area contributed by atoms with Crippen LogP contribution in [0.2, 0.25) is 0 Å². The maximum atomic E-state index is 12.6. The van der Waals surface area contributed by atoms with Gasteiger partial charge in [0.05, 0.1) is 37.7 Å². The van der Waals surface area contributed by atoms with E-state index in [1.807, 2.05) is 24.3 Å². The van der Waals surface area contributed by atoms with E-state index in [-0.39, 0.29) is 11.6 Å². The van der Waals surface area contributed by atoms with Crippen molar-refractivity contribution in [3.05, 3.63) is 99.6 Å². The van der Waals surface area contributed by atoms with E-state index in [0.717, 1.165) is 18.7 Å².